The maximum absolute atomic E-state index is 3.52. The van der Waals surface area contributed by atoms with E-state index in [-0.39, 0.29) is 0 Å². The Hall–Kier alpha value is -0.900. The Morgan fingerprint density at radius 1 is 1.28 bits per heavy atom. The Labute approximate surface area is 111 Å². The lowest BCUT2D eigenvalue weighted by Gasteiger charge is -2.37. The quantitative estimate of drug-likeness (QED) is 0.839. The van der Waals surface area contributed by atoms with Crippen molar-refractivity contribution in [3.8, 4) is 0 Å². The number of benzene rings is 1. The van der Waals surface area contributed by atoms with E-state index >= 15 is 0 Å². The van der Waals surface area contributed by atoms with Gasteiger partial charge in [0.2, 0.25) is 0 Å². The topological polar surface area (TPSA) is 18.5 Å². The molecule has 1 aliphatic rings. The minimum Gasteiger partial charge on any atom is -0.314 e. The van der Waals surface area contributed by atoms with Gasteiger partial charge in [-0.3, -0.25) is 4.90 Å². The highest BCUT2D eigenvalue weighted by Gasteiger charge is 2.21. The molecule has 1 unspecified atom stereocenters. The zero-order valence-electron chi connectivity index (χ0n) is 11.6. The Kier molecular flexibility index (Phi) is 5.17. The van der Waals surface area contributed by atoms with Crippen LogP contribution in [0.25, 0.3) is 0 Å². The normalized spacial score (nSPS) is 21.4. The molecular weight excluding hydrogens is 222 g/mol. The summed E-state index contributed by atoms with van der Waals surface area (Å²) in [6, 6.07) is 11.5. The highest BCUT2D eigenvalue weighted by Crippen LogP contribution is 2.10. The van der Waals surface area contributed by atoms with Crippen LogP contribution in [0.1, 0.15) is 5.56 Å². The molecule has 2 rings (SSSR count). The van der Waals surface area contributed by atoms with Crippen LogP contribution < -0.4 is 5.32 Å². The predicted molar refractivity (Wildman–Crippen MR) is 76.9 cm³/mol. The second-order valence-electron chi connectivity index (χ2n) is 5.39. The summed E-state index contributed by atoms with van der Waals surface area (Å²) in [4.78, 5) is 4.89. The van der Waals surface area contributed by atoms with E-state index in [4.69, 9.17) is 0 Å². The highest BCUT2D eigenvalue weighted by atomic mass is 15.2. The van der Waals surface area contributed by atoms with Gasteiger partial charge in [-0.1, -0.05) is 30.3 Å². The lowest BCUT2D eigenvalue weighted by molar-refractivity contribution is 0.147. The second kappa shape index (κ2) is 6.88. The van der Waals surface area contributed by atoms with Crippen molar-refractivity contribution in [1.82, 2.24) is 15.1 Å². The number of likely N-dealkylation sites (N-methyl/N-ethyl adjacent to an activating group) is 1. The third-order valence-electron chi connectivity index (χ3n) is 3.62. The third-order valence-corrected chi connectivity index (χ3v) is 3.62. The van der Waals surface area contributed by atoms with Gasteiger partial charge in [0.05, 0.1) is 0 Å². The van der Waals surface area contributed by atoms with Crippen LogP contribution in [0.4, 0.5) is 0 Å². The minimum absolute atomic E-state index is 0.640. The highest BCUT2D eigenvalue weighted by molar-refractivity contribution is 5.16. The SMILES string of the molecule is CN(C)CCN1CCNCC1Cc1ccccc1. The number of nitrogens with one attached hydrogen (secondary N) is 1. The van der Waals surface area contributed by atoms with Gasteiger partial charge in [-0.25, -0.2) is 0 Å². The largest absolute Gasteiger partial charge is 0.314 e. The van der Waals surface area contributed by atoms with Gasteiger partial charge >= 0.3 is 0 Å². The van der Waals surface area contributed by atoms with Gasteiger partial charge in [0.25, 0.3) is 0 Å². The van der Waals surface area contributed by atoms with Gasteiger partial charge in [0, 0.05) is 38.8 Å². The molecule has 0 spiro atoms. The van der Waals surface area contributed by atoms with Crippen LogP contribution in [0, 0.1) is 0 Å². The van der Waals surface area contributed by atoms with Gasteiger partial charge < -0.3 is 10.2 Å². The van der Waals surface area contributed by atoms with Gasteiger partial charge in [-0.2, -0.15) is 0 Å². The number of rotatable bonds is 5. The van der Waals surface area contributed by atoms with E-state index in [9.17, 15) is 0 Å². The maximum Gasteiger partial charge on any atom is 0.0262 e. The van der Waals surface area contributed by atoms with Gasteiger partial charge in [0.15, 0.2) is 0 Å². The Morgan fingerprint density at radius 2 is 2.06 bits per heavy atom. The Balaban J connectivity index is 1.91. The number of nitrogens with zero attached hydrogens (tertiary/aromatic N) is 2. The van der Waals surface area contributed by atoms with Gasteiger partial charge in [0.1, 0.15) is 0 Å². The molecule has 3 heteroatoms. The molecular formula is C15H25N3. The molecule has 1 aromatic rings. The summed E-state index contributed by atoms with van der Waals surface area (Å²) < 4.78 is 0. The summed E-state index contributed by atoms with van der Waals surface area (Å²) in [6.07, 6.45) is 1.15. The first kappa shape index (κ1) is 13.5. The van der Waals surface area contributed by atoms with E-state index in [1.54, 1.807) is 0 Å². The van der Waals surface area contributed by atoms with Crippen LogP contribution >= 0.6 is 0 Å². The van der Waals surface area contributed by atoms with Crippen molar-refractivity contribution in [2.24, 2.45) is 0 Å². The average Bonchev–Trinajstić information content (AvgIpc) is 2.39. The molecule has 18 heavy (non-hydrogen) atoms. The number of piperazine rings is 1. The fourth-order valence-corrected chi connectivity index (χ4v) is 2.51. The second-order valence-corrected chi connectivity index (χ2v) is 5.39. The number of hydrogen-bond acceptors (Lipinski definition) is 3. The van der Waals surface area contributed by atoms with Crippen molar-refractivity contribution in [2.45, 2.75) is 12.5 Å². The van der Waals surface area contributed by atoms with Crippen LogP contribution in [0.5, 0.6) is 0 Å². The molecule has 1 fully saturated rings. The van der Waals surface area contributed by atoms with E-state index in [0.717, 1.165) is 26.1 Å². The molecule has 0 radical (unpaired) electrons. The zero-order chi connectivity index (χ0) is 12.8. The lowest BCUT2D eigenvalue weighted by atomic mass is 10.0. The molecule has 100 valence electrons. The van der Waals surface area contributed by atoms with E-state index in [0.29, 0.717) is 6.04 Å². The molecule has 1 heterocycles. The van der Waals surface area contributed by atoms with E-state index in [2.05, 4.69) is 59.5 Å². The monoisotopic (exact) mass is 247 g/mol. The first-order chi connectivity index (χ1) is 8.75. The van der Waals surface area contributed by atoms with Crippen molar-refractivity contribution >= 4 is 0 Å². The summed E-state index contributed by atoms with van der Waals surface area (Å²) in [6.45, 7) is 5.73. The third kappa shape index (κ3) is 4.09. The first-order valence-corrected chi connectivity index (χ1v) is 6.89. The Morgan fingerprint density at radius 3 is 2.78 bits per heavy atom. The molecule has 0 bridgehead atoms. The minimum atomic E-state index is 0.640. The van der Waals surface area contributed by atoms with Gasteiger partial charge in [-0.15, -0.1) is 0 Å². The standard InChI is InChI=1S/C15H25N3/c1-17(2)10-11-18-9-8-16-13-15(18)12-14-6-4-3-5-7-14/h3-7,15-16H,8-13H2,1-2H3. The van der Waals surface area contributed by atoms with Crippen molar-refractivity contribution in [1.29, 1.82) is 0 Å². The lowest BCUT2D eigenvalue weighted by Crippen LogP contribution is -2.53. The molecule has 1 N–H and O–H groups in total. The van der Waals surface area contributed by atoms with Crippen LogP contribution in [0.2, 0.25) is 0 Å². The fourth-order valence-electron chi connectivity index (χ4n) is 2.51. The Bertz CT molecular complexity index is 337. The summed E-state index contributed by atoms with van der Waals surface area (Å²) in [5, 5.41) is 3.52. The van der Waals surface area contributed by atoms with Crippen LogP contribution in [-0.4, -0.2) is 62.7 Å². The molecule has 3 nitrogen and oxygen atoms in total. The first-order valence-electron chi connectivity index (χ1n) is 6.89. The fraction of sp³-hybridized carbons (Fsp3) is 0.600. The van der Waals surface area contributed by atoms with Crippen molar-refractivity contribution in [3.63, 3.8) is 0 Å². The van der Waals surface area contributed by atoms with Crippen molar-refractivity contribution < 1.29 is 0 Å². The smallest absolute Gasteiger partial charge is 0.0262 e. The number of hydrogen-bond donors (Lipinski definition) is 1. The van der Waals surface area contributed by atoms with Crippen LogP contribution in [-0.2, 0) is 6.42 Å². The van der Waals surface area contributed by atoms with E-state index < -0.39 is 0 Å². The summed E-state index contributed by atoms with van der Waals surface area (Å²) in [7, 11) is 4.29. The average molecular weight is 247 g/mol. The molecule has 0 aliphatic carbocycles. The zero-order valence-corrected chi connectivity index (χ0v) is 11.6. The predicted octanol–water partition coefficient (Wildman–Crippen LogP) is 1.06. The van der Waals surface area contributed by atoms with Crippen molar-refractivity contribution in [2.75, 3.05) is 46.8 Å². The molecule has 0 saturated carbocycles. The molecule has 1 atom stereocenters. The van der Waals surface area contributed by atoms with Gasteiger partial charge in [-0.05, 0) is 26.1 Å². The molecule has 1 aliphatic heterocycles. The van der Waals surface area contributed by atoms with E-state index in [1.165, 1.54) is 18.7 Å². The summed E-state index contributed by atoms with van der Waals surface area (Å²) in [5.74, 6) is 0. The van der Waals surface area contributed by atoms with Crippen molar-refractivity contribution in [3.05, 3.63) is 35.9 Å². The molecule has 0 amide bonds. The molecule has 1 saturated heterocycles. The maximum atomic E-state index is 3.52. The van der Waals surface area contributed by atoms with E-state index in [1.807, 2.05) is 0 Å². The van der Waals surface area contributed by atoms with Crippen LogP contribution in [0.3, 0.4) is 0 Å². The molecule has 1 aromatic carbocycles. The van der Waals surface area contributed by atoms with Crippen LogP contribution in [0.15, 0.2) is 30.3 Å². The summed E-state index contributed by atoms with van der Waals surface area (Å²) in [5.41, 5.74) is 1.45. The molecule has 0 aromatic heterocycles. The summed E-state index contributed by atoms with van der Waals surface area (Å²) >= 11 is 0.